The third-order valence-corrected chi connectivity index (χ3v) is 2.60. The van der Waals surface area contributed by atoms with Crippen molar-refractivity contribution in [3.8, 4) is 17.6 Å². The van der Waals surface area contributed by atoms with Gasteiger partial charge in [-0.05, 0) is 19.1 Å². The van der Waals surface area contributed by atoms with Crippen LogP contribution in [0.3, 0.4) is 0 Å². The van der Waals surface area contributed by atoms with Crippen LogP contribution in [-0.4, -0.2) is 12.1 Å². The van der Waals surface area contributed by atoms with Crippen LogP contribution in [0.4, 0.5) is 0 Å². The van der Waals surface area contributed by atoms with Crippen LogP contribution in [0.5, 0.6) is 11.5 Å². The molecule has 0 bridgehead atoms. The lowest BCUT2D eigenvalue weighted by molar-refractivity contribution is 0.299. The van der Waals surface area contributed by atoms with Crippen LogP contribution in [0, 0.1) is 18.3 Å². The lowest BCUT2D eigenvalue weighted by Crippen LogP contribution is -2.01. The molecule has 1 aromatic heterocycles. The highest BCUT2D eigenvalue weighted by atomic mass is 16.5. The fourth-order valence-corrected chi connectivity index (χ4v) is 1.73. The van der Waals surface area contributed by atoms with Gasteiger partial charge in [0.2, 0.25) is 0 Å². The largest absolute Gasteiger partial charge is 0.497 e. The SMILES string of the molecule is COc1cc(C)nc(COc2ccccc2C#N)c1. The van der Waals surface area contributed by atoms with Crippen molar-refractivity contribution in [2.75, 3.05) is 7.11 Å². The van der Waals surface area contributed by atoms with Gasteiger partial charge in [0.1, 0.15) is 24.2 Å². The molecule has 0 aliphatic heterocycles. The Hall–Kier alpha value is -2.54. The molecular formula is C15H14N2O2. The molecule has 2 aromatic rings. The molecule has 4 nitrogen and oxygen atoms in total. The van der Waals surface area contributed by atoms with E-state index in [4.69, 9.17) is 14.7 Å². The fraction of sp³-hybridized carbons (Fsp3) is 0.200. The molecule has 96 valence electrons. The molecule has 19 heavy (non-hydrogen) atoms. The van der Waals surface area contributed by atoms with E-state index in [1.54, 1.807) is 25.3 Å². The van der Waals surface area contributed by atoms with Gasteiger partial charge in [0.25, 0.3) is 0 Å². The number of hydrogen-bond donors (Lipinski definition) is 0. The molecule has 0 atom stereocenters. The number of ether oxygens (including phenoxy) is 2. The molecule has 1 aromatic carbocycles. The van der Waals surface area contributed by atoms with Gasteiger partial charge in [0.15, 0.2) is 0 Å². The van der Waals surface area contributed by atoms with E-state index in [-0.39, 0.29) is 0 Å². The number of benzene rings is 1. The highest BCUT2D eigenvalue weighted by Gasteiger charge is 2.05. The zero-order chi connectivity index (χ0) is 13.7. The summed E-state index contributed by atoms with van der Waals surface area (Å²) in [6.07, 6.45) is 0. The molecule has 1 heterocycles. The van der Waals surface area contributed by atoms with Gasteiger partial charge >= 0.3 is 0 Å². The number of pyridine rings is 1. The zero-order valence-electron chi connectivity index (χ0n) is 10.9. The lowest BCUT2D eigenvalue weighted by atomic mass is 10.2. The van der Waals surface area contributed by atoms with Crippen LogP contribution in [0.1, 0.15) is 17.0 Å². The van der Waals surface area contributed by atoms with Crippen molar-refractivity contribution in [3.63, 3.8) is 0 Å². The highest BCUT2D eigenvalue weighted by molar-refractivity contribution is 5.42. The summed E-state index contributed by atoms with van der Waals surface area (Å²) in [4.78, 5) is 4.36. The van der Waals surface area contributed by atoms with Crippen molar-refractivity contribution in [1.82, 2.24) is 4.98 Å². The van der Waals surface area contributed by atoms with Gasteiger partial charge in [-0.1, -0.05) is 12.1 Å². The topological polar surface area (TPSA) is 55.1 Å². The van der Waals surface area contributed by atoms with E-state index in [0.29, 0.717) is 17.9 Å². The predicted molar refractivity (Wildman–Crippen MR) is 71.0 cm³/mol. The fourth-order valence-electron chi connectivity index (χ4n) is 1.73. The van der Waals surface area contributed by atoms with Crippen LogP contribution in [0.15, 0.2) is 36.4 Å². The first kappa shape index (κ1) is 12.9. The summed E-state index contributed by atoms with van der Waals surface area (Å²) in [5.74, 6) is 1.31. The van der Waals surface area contributed by atoms with E-state index in [9.17, 15) is 0 Å². The maximum absolute atomic E-state index is 8.98. The van der Waals surface area contributed by atoms with E-state index in [2.05, 4.69) is 11.1 Å². The molecule has 0 N–H and O–H groups in total. The van der Waals surface area contributed by atoms with Gasteiger partial charge in [-0.15, -0.1) is 0 Å². The Bertz CT molecular complexity index is 618. The smallest absolute Gasteiger partial charge is 0.137 e. The quantitative estimate of drug-likeness (QED) is 0.841. The van der Waals surface area contributed by atoms with Gasteiger partial charge in [-0.3, -0.25) is 4.98 Å². The lowest BCUT2D eigenvalue weighted by Gasteiger charge is -2.09. The molecule has 0 fully saturated rings. The van der Waals surface area contributed by atoms with Gasteiger partial charge in [0.05, 0.1) is 18.4 Å². The number of methoxy groups -OCH3 is 1. The average Bonchev–Trinajstić information content (AvgIpc) is 2.44. The molecular weight excluding hydrogens is 240 g/mol. The molecule has 0 amide bonds. The molecule has 0 saturated carbocycles. The van der Waals surface area contributed by atoms with E-state index in [1.165, 1.54) is 0 Å². The van der Waals surface area contributed by atoms with Crippen molar-refractivity contribution >= 4 is 0 Å². The highest BCUT2D eigenvalue weighted by Crippen LogP contribution is 2.19. The normalized spacial score (nSPS) is 9.74. The Morgan fingerprint density at radius 2 is 2.05 bits per heavy atom. The van der Waals surface area contributed by atoms with E-state index >= 15 is 0 Å². The zero-order valence-corrected chi connectivity index (χ0v) is 10.9. The van der Waals surface area contributed by atoms with Crippen molar-refractivity contribution in [2.45, 2.75) is 13.5 Å². The number of para-hydroxylation sites is 1. The first-order valence-electron chi connectivity index (χ1n) is 5.86. The standard InChI is InChI=1S/C15H14N2O2/c1-11-7-14(18-2)8-13(17-11)10-19-15-6-4-3-5-12(15)9-16/h3-8H,10H2,1-2H3. The Morgan fingerprint density at radius 3 is 2.79 bits per heavy atom. The van der Waals surface area contributed by atoms with Gasteiger partial charge in [-0.2, -0.15) is 5.26 Å². The number of hydrogen-bond acceptors (Lipinski definition) is 4. The first-order valence-corrected chi connectivity index (χ1v) is 5.86. The minimum Gasteiger partial charge on any atom is -0.497 e. The minimum atomic E-state index is 0.302. The second kappa shape index (κ2) is 5.87. The van der Waals surface area contributed by atoms with Crippen LogP contribution < -0.4 is 9.47 Å². The second-order valence-electron chi connectivity index (χ2n) is 4.04. The molecule has 2 rings (SSSR count). The number of nitriles is 1. The number of aromatic nitrogens is 1. The van der Waals surface area contributed by atoms with Crippen LogP contribution in [0.25, 0.3) is 0 Å². The monoisotopic (exact) mass is 254 g/mol. The van der Waals surface area contributed by atoms with E-state index in [0.717, 1.165) is 17.1 Å². The maximum Gasteiger partial charge on any atom is 0.137 e. The maximum atomic E-state index is 8.98. The number of nitrogens with zero attached hydrogens (tertiary/aromatic N) is 2. The van der Waals surface area contributed by atoms with Crippen molar-refractivity contribution in [3.05, 3.63) is 53.3 Å². The molecule has 0 radical (unpaired) electrons. The summed E-state index contributed by atoms with van der Waals surface area (Å²) in [5, 5.41) is 8.98. The third-order valence-electron chi connectivity index (χ3n) is 2.60. The molecule has 0 aliphatic rings. The van der Waals surface area contributed by atoms with Crippen LogP contribution in [-0.2, 0) is 6.61 Å². The molecule has 0 saturated heterocycles. The van der Waals surface area contributed by atoms with Crippen molar-refractivity contribution in [1.29, 1.82) is 5.26 Å². The minimum absolute atomic E-state index is 0.302. The van der Waals surface area contributed by atoms with Crippen LogP contribution >= 0.6 is 0 Å². The summed E-state index contributed by atoms with van der Waals surface area (Å²) < 4.78 is 10.8. The molecule has 0 spiro atoms. The third kappa shape index (κ3) is 3.23. The van der Waals surface area contributed by atoms with Crippen molar-refractivity contribution < 1.29 is 9.47 Å². The average molecular weight is 254 g/mol. The second-order valence-corrected chi connectivity index (χ2v) is 4.04. The Labute approximate surface area is 112 Å². The summed E-state index contributed by atoms with van der Waals surface area (Å²) in [6.45, 7) is 2.20. The van der Waals surface area contributed by atoms with Gasteiger partial charge in [-0.25, -0.2) is 0 Å². The summed E-state index contributed by atoms with van der Waals surface area (Å²) in [7, 11) is 1.62. The molecule has 4 heteroatoms. The molecule has 0 aliphatic carbocycles. The Kier molecular flexibility index (Phi) is 3.99. The van der Waals surface area contributed by atoms with E-state index < -0.39 is 0 Å². The summed E-state index contributed by atoms with van der Waals surface area (Å²) in [6, 6.07) is 12.9. The Balaban J connectivity index is 2.15. The first-order chi connectivity index (χ1) is 9.22. The van der Waals surface area contributed by atoms with Gasteiger partial charge < -0.3 is 9.47 Å². The summed E-state index contributed by atoms with van der Waals surface area (Å²) >= 11 is 0. The number of aryl methyl sites for hydroxylation is 1. The predicted octanol–water partition coefficient (Wildman–Crippen LogP) is 2.85. The number of rotatable bonds is 4. The molecule has 0 unspecified atom stereocenters. The summed E-state index contributed by atoms with van der Waals surface area (Å²) in [5.41, 5.74) is 2.15. The van der Waals surface area contributed by atoms with Crippen molar-refractivity contribution in [2.24, 2.45) is 0 Å². The van der Waals surface area contributed by atoms with E-state index in [1.807, 2.05) is 25.1 Å². The Morgan fingerprint density at radius 1 is 1.26 bits per heavy atom. The van der Waals surface area contributed by atoms with Gasteiger partial charge in [0, 0.05) is 17.8 Å². The van der Waals surface area contributed by atoms with Crippen LogP contribution in [0.2, 0.25) is 0 Å².